The summed E-state index contributed by atoms with van der Waals surface area (Å²) in [6.45, 7) is 2.06. The second-order valence-corrected chi connectivity index (χ2v) is 5.71. The lowest BCUT2D eigenvalue weighted by molar-refractivity contribution is 0.524. The molecule has 3 rings (SSSR count). The molecule has 17 heavy (non-hydrogen) atoms. The molecule has 4 heteroatoms. The third-order valence-electron chi connectivity index (χ3n) is 3.28. The number of fused-ring (bicyclic) bond motifs is 1. The predicted molar refractivity (Wildman–Crippen MR) is 72.3 cm³/mol. The van der Waals surface area contributed by atoms with E-state index in [4.69, 9.17) is 0 Å². The van der Waals surface area contributed by atoms with Gasteiger partial charge in [-0.25, -0.2) is 4.52 Å². The van der Waals surface area contributed by atoms with Crippen LogP contribution < -0.4 is 5.32 Å². The molecule has 3 nitrogen and oxygen atoms in total. The molecule has 0 amide bonds. The average Bonchev–Trinajstić information content (AvgIpc) is 2.99. The highest BCUT2D eigenvalue weighted by Crippen LogP contribution is 2.22. The molecule has 1 N–H and O–H groups in total. The summed E-state index contributed by atoms with van der Waals surface area (Å²) in [4.78, 5) is 0. The second-order valence-electron chi connectivity index (χ2n) is 4.56. The Bertz CT molecular complexity index is 488. The largest absolute Gasteiger partial charge is 0.312 e. The quantitative estimate of drug-likeness (QED) is 0.898. The molecule has 2 aromatic heterocycles. The Morgan fingerprint density at radius 1 is 1.47 bits per heavy atom. The van der Waals surface area contributed by atoms with Crippen LogP contribution in [-0.4, -0.2) is 27.7 Å². The van der Waals surface area contributed by atoms with Crippen LogP contribution >= 0.6 is 11.8 Å². The summed E-state index contributed by atoms with van der Waals surface area (Å²) < 4.78 is 1.93. The zero-order chi connectivity index (χ0) is 11.5. The van der Waals surface area contributed by atoms with Crippen molar-refractivity contribution < 1.29 is 0 Å². The van der Waals surface area contributed by atoms with Crippen molar-refractivity contribution in [3.8, 4) is 0 Å². The van der Waals surface area contributed by atoms with E-state index in [0.717, 1.165) is 19.0 Å². The lowest BCUT2D eigenvalue weighted by atomic mass is 10.1. The van der Waals surface area contributed by atoms with Gasteiger partial charge in [-0.2, -0.15) is 16.9 Å². The van der Waals surface area contributed by atoms with Gasteiger partial charge in [-0.1, -0.05) is 6.07 Å². The Morgan fingerprint density at radius 3 is 3.35 bits per heavy atom. The summed E-state index contributed by atoms with van der Waals surface area (Å²) in [6, 6.07) is 6.19. The minimum absolute atomic E-state index is 0.863. The third-order valence-corrected chi connectivity index (χ3v) is 4.51. The fraction of sp³-hybridized carbons (Fsp3) is 0.462. The average molecular weight is 247 g/mol. The van der Waals surface area contributed by atoms with Crippen LogP contribution in [0.4, 0.5) is 0 Å². The Labute approximate surface area is 106 Å². The number of hydrogen-bond donors (Lipinski definition) is 1. The van der Waals surface area contributed by atoms with Gasteiger partial charge in [0, 0.05) is 18.3 Å². The van der Waals surface area contributed by atoms with Crippen molar-refractivity contribution >= 4 is 17.3 Å². The Kier molecular flexibility index (Phi) is 3.34. The zero-order valence-corrected chi connectivity index (χ0v) is 10.6. The summed E-state index contributed by atoms with van der Waals surface area (Å²) in [6.07, 6.45) is 5.32. The van der Waals surface area contributed by atoms with Crippen molar-refractivity contribution in [3.05, 3.63) is 36.2 Å². The van der Waals surface area contributed by atoms with Crippen LogP contribution in [0.3, 0.4) is 0 Å². The Morgan fingerprint density at radius 2 is 2.47 bits per heavy atom. The van der Waals surface area contributed by atoms with Gasteiger partial charge in [0.05, 0.1) is 11.7 Å². The molecule has 1 unspecified atom stereocenters. The molecule has 0 bridgehead atoms. The van der Waals surface area contributed by atoms with Crippen LogP contribution in [0, 0.1) is 5.92 Å². The SMILES string of the molecule is c1ccn2ncc(CNCC3CCSC3)c2c1. The number of aromatic nitrogens is 2. The lowest BCUT2D eigenvalue weighted by Crippen LogP contribution is -2.22. The van der Waals surface area contributed by atoms with E-state index in [0.29, 0.717) is 0 Å². The van der Waals surface area contributed by atoms with Crippen molar-refractivity contribution in [3.63, 3.8) is 0 Å². The molecule has 0 saturated carbocycles. The minimum Gasteiger partial charge on any atom is -0.312 e. The lowest BCUT2D eigenvalue weighted by Gasteiger charge is -2.08. The molecule has 1 aliphatic heterocycles. The summed E-state index contributed by atoms with van der Waals surface area (Å²) in [5, 5.41) is 7.90. The maximum atomic E-state index is 4.34. The van der Waals surface area contributed by atoms with Crippen molar-refractivity contribution in [2.24, 2.45) is 5.92 Å². The molecule has 90 valence electrons. The number of thioether (sulfide) groups is 1. The normalized spacial score (nSPS) is 20.1. The van der Waals surface area contributed by atoms with E-state index in [1.54, 1.807) is 0 Å². The van der Waals surface area contributed by atoms with Crippen LogP contribution in [-0.2, 0) is 6.54 Å². The fourth-order valence-corrected chi connectivity index (χ4v) is 3.56. The van der Waals surface area contributed by atoms with Crippen molar-refractivity contribution in [2.45, 2.75) is 13.0 Å². The first-order chi connectivity index (χ1) is 8.43. The highest BCUT2D eigenvalue weighted by Gasteiger charge is 2.14. The van der Waals surface area contributed by atoms with Gasteiger partial charge < -0.3 is 5.32 Å². The van der Waals surface area contributed by atoms with E-state index < -0.39 is 0 Å². The molecule has 1 atom stereocenters. The molecule has 0 aliphatic carbocycles. The first-order valence-electron chi connectivity index (χ1n) is 6.13. The molecule has 1 fully saturated rings. The number of nitrogens with zero attached hydrogens (tertiary/aromatic N) is 2. The van der Waals surface area contributed by atoms with Gasteiger partial charge in [0.25, 0.3) is 0 Å². The minimum atomic E-state index is 0.863. The van der Waals surface area contributed by atoms with Crippen LogP contribution in [0.1, 0.15) is 12.0 Å². The summed E-state index contributed by atoms with van der Waals surface area (Å²) in [7, 11) is 0. The molecule has 1 aliphatic rings. The number of rotatable bonds is 4. The molecule has 0 aromatic carbocycles. The van der Waals surface area contributed by atoms with Crippen LogP contribution in [0.2, 0.25) is 0 Å². The van der Waals surface area contributed by atoms with E-state index in [1.165, 1.54) is 29.0 Å². The van der Waals surface area contributed by atoms with E-state index >= 15 is 0 Å². The van der Waals surface area contributed by atoms with Gasteiger partial charge in [0.2, 0.25) is 0 Å². The highest BCUT2D eigenvalue weighted by molar-refractivity contribution is 7.99. The third kappa shape index (κ3) is 2.48. The second kappa shape index (κ2) is 5.10. The molecule has 3 heterocycles. The van der Waals surface area contributed by atoms with Crippen molar-refractivity contribution in [1.82, 2.24) is 14.9 Å². The first kappa shape index (κ1) is 11.1. The van der Waals surface area contributed by atoms with Crippen LogP contribution in [0.25, 0.3) is 5.52 Å². The topological polar surface area (TPSA) is 29.3 Å². The standard InChI is InChI=1S/C13H17N3S/c1-2-5-16-13(3-1)12(9-15-16)8-14-7-11-4-6-17-10-11/h1-3,5,9,11,14H,4,6-8,10H2. The molecule has 1 saturated heterocycles. The van der Waals surface area contributed by atoms with E-state index in [2.05, 4.69) is 34.3 Å². The number of nitrogens with one attached hydrogen (secondary N) is 1. The van der Waals surface area contributed by atoms with E-state index in [-0.39, 0.29) is 0 Å². The zero-order valence-electron chi connectivity index (χ0n) is 9.80. The van der Waals surface area contributed by atoms with Gasteiger partial charge in [-0.05, 0) is 42.5 Å². The molecule has 2 aromatic rings. The van der Waals surface area contributed by atoms with Crippen LogP contribution in [0.5, 0.6) is 0 Å². The van der Waals surface area contributed by atoms with Gasteiger partial charge in [-0.3, -0.25) is 0 Å². The van der Waals surface area contributed by atoms with Crippen molar-refractivity contribution in [1.29, 1.82) is 0 Å². The summed E-state index contributed by atoms with van der Waals surface area (Å²) >= 11 is 2.08. The van der Waals surface area contributed by atoms with Crippen molar-refractivity contribution in [2.75, 3.05) is 18.1 Å². The van der Waals surface area contributed by atoms with Gasteiger partial charge in [-0.15, -0.1) is 0 Å². The Hall–Kier alpha value is -1.00. The van der Waals surface area contributed by atoms with Gasteiger partial charge in [0.1, 0.15) is 0 Å². The molecular formula is C13H17N3S. The molecular weight excluding hydrogens is 230 g/mol. The van der Waals surface area contributed by atoms with E-state index in [9.17, 15) is 0 Å². The number of hydrogen-bond acceptors (Lipinski definition) is 3. The maximum Gasteiger partial charge on any atom is 0.0706 e. The van der Waals surface area contributed by atoms with Crippen LogP contribution in [0.15, 0.2) is 30.6 Å². The van der Waals surface area contributed by atoms with Gasteiger partial charge >= 0.3 is 0 Å². The monoisotopic (exact) mass is 247 g/mol. The predicted octanol–water partition coefficient (Wildman–Crippen LogP) is 2.18. The highest BCUT2D eigenvalue weighted by atomic mass is 32.2. The fourth-order valence-electron chi connectivity index (χ4n) is 2.28. The summed E-state index contributed by atoms with van der Waals surface area (Å²) in [5.74, 6) is 3.52. The Balaban J connectivity index is 1.60. The van der Waals surface area contributed by atoms with Gasteiger partial charge in [0.15, 0.2) is 0 Å². The first-order valence-corrected chi connectivity index (χ1v) is 7.28. The maximum absolute atomic E-state index is 4.34. The molecule has 0 radical (unpaired) electrons. The molecule has 0 spiro atoms. The summed E-state index contributed by atoms with van der Waals surface area (Å²) in [5.41, 5.74) is 2.50. The van der Waals surface area contributed by atoms with E-state index in [1.807, 2.05) is 23.0 Å². The number of pyridine rings is 1. The smallest absolute Gasteiger partial charge is 0.0706 e.